The van der Waals surface area contributed by atoms with Gasteiger partial charge in [0.2, 0.25) is 0 Å². The summed E-state index contributed by atoms with van der Waals surface area (Å²) in [5.74, 6) is 1.66. The summed E-state index contributed by atoms with van der Waals surface area (Å²) in [7, 11) is 0. The zero-order chi connectivity index (χ0) is 23.6. The van der Waals surface area contributed by atoms with Crippen LogP contribution in [0.3, 0.4) is 0 Å². The van der Waals surface area contributed by atoms with Crippen LogP contribution in [0.5, 0.6) is 0 Å². The van der Waals surface area contributed by atoms with E-state index in [1.165, 1.54) is 11.1 Å². The molecule has 1 aliphatic heterocycles. The zero-order valence-corrected chi connectivity index (χ0v) is 19.9. The highest BCUT2D eigenvalue weighted by Gasteiger charge is 2.20. The predicted octanol–water partition coefficient (Wildman–Crippen LogP) is 5.17. The Balaban J connectivity index is 0.000000292. The monoisotopic (exact) mass is 462 g/mol. The first-order valence-electron chi connectivity index (χ1n) is 10.9. The van der Waals surface area contributed by atoms with Crippen molar-refractivity contribution in [2.45, 2.75) is 13.8 Å². The topological polar surface area (TPSA) is 82.3 Å². The lowest BCUT2D eigenvalue weighted by Gasteiger charge is -2.28. The van der Waals surface area contributed by atoms with Crippen LogP contribution >= 0.6 is 11.3 Å². The van der Waals surface area contributed by atoms with E-state index in [-0.39, 0.29) is 6.61 Å². The van der Waals surface area contributed by atoms with Crippen LogP contribution < -0.4 is 4.90 Å². The molecule has 1 aliphatic rings. The Labute approximate surface area is 199 Å². The molecule has 0 spiro atoms. The van der Waals surface area contributed by atoms with Crippen molar-refractivity contribution in [2.75, 3.05) is 37.8 Å². The third-order valence-corrected chi connectivity index (χ3v) is 6.08. The van der Waals surface area contributed by atoms with Gasteiger partial charge in [-0.1, -0.05) is 55.1 Å². The van der Waals surface area contributed by atoms with Crippen molar-refractivity contribution in [3.63, 3.8) is 0 Å². The molecule has 1 fully saturated rings. The molecule has 0 aliphatic carbocycles. The fourth-order valence-corrected chi connectivity index (χ4v) is 4.46. The van der Waals surface area contributed by atoms with E-state index in [9.17, 15) is 0 Å². The molecule has 7 heteroatoms. The Kier molecular flexibility index (Phi) is 9.06. The summed E-state index contributed by atoms with van der Waals surface area (Å²) in [5.41, 5.74) is 3.58. The average molecular weight is 463 g/mol. The Morgan fingerprint density at radius 2 is 2.03 bits per heavy atom. The maximum Gasteiger partial charge on any atom is 0.162 e. The van der Waals surface area contributed by atoms with Crippen LogP contribution in [0.15, 0.2) is 66.8 Å². The summed E-state index contributed by atoms with van der Waals surface area (Å²) in [6, 6.07) is 9.90. The first kappa shape index (κ1) is 24.5. The van der Waals surface area contributed by atoms with Crippen LogP contribution in [0, 0.1) is 12.3 Å². The van der Waals surface area contributed by atoms with Gasteiger partial charge in [-0.3, -0.25) is 0 Å². The maximum atomic E-state index is 8.62. The molecular weight excluding hydrogens is 432 g/mol. The lowest BCUT2D eigenvalue weighted by atomic mass is 10.1. The van der Waals surface area contributed by atoms with E-state index in [4.69, 9.17) is 25.2 Å². The van der Waals surface area contributed by atoms with Gasteiger partial charge in [-0.25, -0.2) is 9.97 Å². The van der Waals surface area contributed by atoms with Gasteiger partial charge in [-0.2, -0.15) is 0 Å². The van der Waals surface area contributed by atoms with Crippen molar-refractivity contribution >= 4 is 33.6 Å². The zero-order valence-electron chi connectivity index (χ0n) is 19.1. The number of ether oxygens (including phenoxy) is 1. The molecule has 1 saturated heterocycles. The van der Waals surface area contributed by atoms with E-state index in [0.29, 0.717) is 5.82 Å². The van der Waals surface area contributed by atoms with Crippen LogP contribution in [-0.2, 0) is 4.74 Å². The van der Waals surface area contributed by atoms with Crippen molar-refractivity contribution in [1.29, 1.82) is 5.41 Å². The Morgan fingerprint density at radius 3 is 2.70 bits per heavy atom. The highest BCUT2D eigenvalue weighted by molar-refractivity contribution is 7.19. The number of aliphatic hydroxyl groups excluding tert-OH is 1. The number of morpholine rings is 1. The molecule has 4 rings (SSSR count). The number of nitrogens with zero attached hydrogens (tertiary/aromatic N) is 3. The quantitative estimate of drug-likeness (QED) is 0.390. The van der Waals surface area contributed by atoms with Gasteiger partial charge >= 0.3 is 0 Å². The number of aromatic nitrogens is 2. The van der Waals surface area contributed by atoms with E-state index >= 15 is 0 Å². The molecule has 0 atom stereocenters. The van der Waals surface area contributed by atoms with Crippen LogP contribution in [0.25, 0.3) is 21.6 Å². The molecule has 3 heterocycles. The van der Waals surface area contributed by atoms with Crippen LogP contribution in [-0.4, -0.2) is 54.2 Å². The highest BCUT2D eigenvalue weighted by Crippen LogP contribution is 2.34. The van der Waals surface area contributed by atoms with Crippen LogP contribution in [0.2, 0.25) is 0 Å². The molecular formula is C26H30N4O2S. The average Bonchev–Trinajstić information content (AvgIpc) is 3.24. The van der Waals surface area contributed by atoms with Crippen LogP contribution in [0.1, 0.15) is 17.4 Å². The minimum Gasteiger partial charge on any atom is -0.392 e. The van der Waals surface area contributed by atoms with Gasteiger partial charge in [0, 0.05) is 35.3 Å². The summed E-state index contributed by atoms with van der Waals surface area (Å²) >= 11 is 1.73. The fraction of sp³-hybridized carbons (Fsp3) is 0.269. The van der Waals surface area contributed by atoms with Crippen molar-refractivity contribution in [1.82, 2.24) is 9.97 Å². The van der Waals surface area contributed by atoms with Gasteiger partial charge in [-0.15, -0.1) is 11.3 Å². The number of hydrogen-bond donors (Lipinski definition) is 2. The largest absolute Gasteiger partial charge is 0.392 e. The number of hydrogen-bond acceptors (Lipinski definition) is 7. The number of allylic oxidation sites excluding steroid dienone is 3. The van der Waals surface area contributed by atoms with E-state index < -0.39 is 0 Å². The molecule has 3 aromatic rings. The number of thiophene rings is 1. The molecule has 1 aromatic carbocycles. The normalized spacial score (nSPS) is 14.3. The summed E-state index contributed by atoms with van der Waals surface area (Å²) in [6.45, 7) is 10.7. The van der Waals surface area contributed by atoms with Gasteiger partial charge in [0.1, 0.15) is 0 Å². The molecule has 0 radical (unpaired) electrons. The fourth-order valence-electron chi connectivity index (χ4n) is 3.50. The SMILES string of the molecule is C=C/C=C(\C=C/C)CO.Cc1cc2nc(-c3ccccc3C=N)nc(N3CCOCC3)c2s1. The summed E-state index contributed by atoms with van der Waals surface area (Å²) in [5, 5.41) is 16.3. The third-order valence-electron chi connectivity index (χ3n) is 5.04. The Morgan fingerprint density at radius 1 is 1.27 bits per heavy atom. The number of aryl methyl sites for hydroxylation is 1. The molecule has 33 heavy (non-hydrogen) atoms. The summed E-state index contributed by atoms with van der Waals surface area (Å²) in [4.78, 5) is 13.2. The number of fused-ring (bicyclic) bond motifs is 1. The summed E-state index contributed by atoms with van der Waals surface area (Å²) in [6.07, 6.45) is 8.52. The minimum atomic E-state index is 0.0797. The minimum absolute atomic E-state index is 0.0797. The van der Waals surface area contributed by atoms with Crippen molar-refractivity contribution in [3.8, 4) is 11.4 Å². The van der Waals surface area contributed by atoms with Gasteiger partial charge < -0.3 is 20.2 Å². The standard InChI is InChI=1S/C18H18N4OS.C8H12O/c1-12-10-15-16(24-12)18(22-6-8-23-9-7-22)21-17(20-15)14-5-3-2-4-13(14)11-19;1-3-5-8(7-9)6-4-2/h2-5,10-11,19H,6-9H2,1H3;3-6,9H,1,7H2,2H3/b;6-4-,8-5+. The molecule has 172 valence electrons. The smallest absolute Gasteiger partial charge is 0.162 e. The first-order valence-corrected chi connectivity index (χ1v) is 11.7. The Hall–Kier alpha value is -3.13. The van der Waals surface area contributed by atoms with E-state index in [0.717, 1.165) is 59.0 Å². The van der Waals surface area contributed by atoms with Gasteiger partial charge in [-0.05, 0) is 25.5 Å². The van der Waals surface area contributed by atoms with Crippen molar-refractivity contribution < 1.29 is 9.84 Å². The number of anilines is 1. The number of aliphatic hydroxyl groups is 1. The predicted molar refractivity (Wildman–Crippen MR) is 139 cm³/mol. The van der Waals surface area contributed by atoms with Gasteiger partial charge in [0.25, 0.3) is 0 Å². The lowest BCUT2D eigenvalue weighted by Crippen LogP contribution is -2.36. The molecule has 0 saturated carbocycles. The lowest BCUT2D eigenvalue weighted by molar-refractivity contribution is 0.122. The maximum absolute atomic E-state index is 8.62. The van der Waals surface area contributed by atoms with Crippen molar-refractivity contribution in [3.05, 3.63) is 77.2 Å². The Bertz CT molecular complexity index is 1160. The van der Waals surface area contributed by atoms with Crippen molar-refractivity contribution in [2.24, 2.45) is 0 Å². The van der Waals surface area contributed by atoms with Crippen LogP contribution in [0.4, 0.5) is 5.82 Å². The van der Waals surface area contributed by atoms with E-state index in [1.807, 2.05) is 43.3 Å². The molecule has 0 amide bonds. The highest BCUT2D eigenvalue weighted by atomic mass is 32.1. The molecule has 0 bridgehead atoms. The molecule has 0 unspecified atom stereocenters. The van der Waals surface area contributed by atoms with E-state index in [2.05, 4.69) is 24.5 Å². The first-order chi connectivity index (χ1) is 16.1. The molecule has 6 nitrogen and oxygen atoms in total. The second-order valence-electron chi connectivity index (χ2n) is 7.41. The van der Waals surface area contributed by atoms with E-state index in [1.54, 1.807) is 23.5 Å². The molecule has 2 N–H and O–H groups in total. The second kappa shape index (κ2) is 12.2. The van der Waals surface area contributed by atoms with Gasteiger partial charge in [0.05, 0.1) is 30.0 Å². The number of rotatable bonds is 6. The summed E-state index contributed by atoms with van der Waals surface area (Å²) < 4.78 is 6.61. The number of nitrogens with one attached hydrogen (secondary N) is 1. The third kappa shape index (κ3) is 6.22. The number of benzene rings is 1. The molecule has 2 aromatic heterocycles. The van der Waals surface area contributed by atoms with Gasteiger partial charge in [0.15, 0.2) is 11.6 Å². The second-order valence-corrected chi connectivity index (χ2v) is 8.66.